The largest absolute Gasteiger partial charge is 0.497 e. The number of hydrogen-bond donors (Lipinski definition) is 1. The van der Waals surface area contributed by atoms with Gasteiger partial charge in [0.05, 0.1) is 13.7 Å². The number of carbonyl (C=O) groups excluding carboxylic acids is 1. The lowest BCUT2D eigenvalue weighted by Crippen LogP contribution is -2.28. The Morgan fingerprint density at radius 2 is 1.92 bits per heavy atom. The smallest absolute Gasteiger partial charge is 0.453 e. The highest BCUT2D eigenvalue weighted by Gasteiger charge is 2.38. The van der Waals surface area contributed by atoms with Crippen LogP contribution in [0.1, 0.15) is 15.6 Å². The molecule has 138 valence electrons. The van der Waals surface area contributed by atoms with Crippen LogP contribution in [0.25, 0.3) is 4.96 Å². The number of fused-ring (bicyclic) bond motifs is 1. The van der Waals surface area contributed by atoms with Crippen molar-refractivity contribution < 1.29 is 27.4 Å². The monoisotopic (exact) mass is 387 g/mol. The molecule has 0 spiro atoms. The fourth-order valence-electron chi connectivity index (χ4n) is 1.97. The van der Waals surface area contributed by atoms with E-state index in [9.17, 15) is 18.0 Å². The molecular weight excluding hydrogens is 375 g/mol. The summed E-state index contributed by atoms with van der Waals surface area (Å²) in [4.78, 5) is 11.9. The lowest BCUT2D eigenvalue weighted by atomic mass is 10.3. The lowest BCUT2D eigenvalue weighted by molar-refractivity contribution is -0.146. The van der Waals surface area contributed by atoms with Gasteiger partial charge < -0.3 is 14.8 Å². The molecule has 12 heteroatoms. The van der Waals surface area contributed by atoms with Crippen LogP contribution < -0.4 is 14.8 Å². The number of hydrogen-bond acceptors (Lipinski definition) is 7. The van der Waals surface area contributed by atoms with Crippen LogP contribution in [0.15, 0.2) is 24.3 Å². The predicted octanol–water partition coefficient (Wildman–Crippen LogP) is 2.02. The fourth-order valence-corrected chi connectivity index (χ4v) is 2.72. The molecule has 0 atom stereocenters. The second-order valence-corrected chi connectivity index (χ2v) is 5.86. The van der Waals surface area contributed by atoms with Crippen molar-refractivity contribution in [2.24, 2.45) is 0 Å². The number of aromatic nitrogens is 4. The van der Waals surface area contributed by atoms with Crippen molar-refractivity contribution >= 4 is 22.2 Å². The number of halogens is 3. The highest BCUT2D eigenvalue weighted by molar-refractivity contribution is 7.18. The van der Waals surface area contributed by atoms with Gasteiger partial charge in [-0.15, -0.1) is 15.3 Å². The molecule has 0 aliphatic rings. The SMILES string of the molecule is COc1ccc(OCCNC(=O)c2nn3c(C(F)(F)F)nnc3s2)cc1. The summed E-state index contributed by atoms with van der Waals surface area (Å²) in [5.74, 6) is -0.613. The van der Waals surface area contributed by atoms with E-state index in [0.717, 1.165) is 0 Å². The molecule has 2 heterocycles. The number of ether oxygens (including phenoxy) is 2. The minimum Gasteiger partial charge on any atom is -0.497 e. The number of benzene rings is 1. The molecule has 1 N–H and O–H groups in total. The highest BCUT2D eigenvalue weighted by atomic mass is 32.1. The standard InChI is InChI=1S/C14H12F3N5O3S/c1-24-8-2-4-9(5-3-8)25-7-6-18-10(23)11-21-22-12(14(15,16)17)19-20-13(22)26-11/h2-5H,6-7H2,1H3,(H,18,23). The molecule has 0 bridgehead atoms. The molecule has 26 heavy (non-hydrogen) atoms. The number of amides is 1. The van der Waals surface area contributed by atoms with Gasteiger partial charge in [0, 0.05) is 0 Å². The van der Waals surface area contributed by atoms with Gasteiger partial charge in [0.25, 0.3) is 11.7 Å². The van der Waals surface area contributed by atoms with E-state index >= 15 is 0 Å². The topological polar surface area (TPSA) is 90.6 Å². The molecule has 1 amide bonds. The molecule has 0 aliphatic heterocycles. The van der Waals surface area contributed by atoms with Gasteiger partial charge in [-0.3, -0.25) is 4.79 Å². The van der Waals surface area contributed by atoms with Gasteiger partial charge in [-0.05, 0) is 24.3 Å². The van der Waals surface area contributed by atoms with Gasteiger partial charge in [0.15, 0.2) is 0 Å². The summed E-state index contributed by atoms with van der Waals surface area (Å²) in [5, 5.41) is 12.4. The molecule has 0 unspecified atom stereocenters. The molecule has 1 aromatic carbocycles. The molecule has 0 fully saturated rings. The first-order chi connectivity index (χ1) is 12.4. The molecule has 8 nitrogen and oxygen atoms in total. The average molecular weight is 387 g/mol. The van der Waals surface area contributed by atoms with Gasteiger partial charge in [0.1, 0.15) is 18.1 Å². The number of methoxy groups -OCH3 is 1. The molecule has 3 rings (SSSR count). The maximum absolute atomic E-state index is 12.7. The molecule has 0 radical (unpaired) electrons. The summed E-state index contributed by atoms with van der Waals surface area (Å²) in [5.41, 5.74) is 0. The Morgan fingerprint density at radius 1 is 1.23 bits per heavy atom. The summed E-state index contributed by atoms with van der Waals surface area (Å²) in [6.07, 6.45) is -4.70. The van der Waals surface area contributed by atoms with Gasteiger partial charge >= 0.3 is 6.18 Å². The zero-order chi connectivity index (χ0) is 18.7. The third kappa shape index (κ3) is 3.85. The van der Waals surface area contributed by atoms with E-state index in [1.807, 2.05) is 0 Å². The molecular formula is C14H12F3N5O3S. The van der Waals surface area contributed by atoms with Gasteiger partial charge in [-0.2, -0.15) is 17.7 Å². The minimum atomic E-state index is -4.70. The molecule has 3 aromatic rings. The van der Waals surface area contributed by atoms with E-state index in [4.69, 9.17) is 9.47 Å². The Bertz CT molecular complexity index is 907. The van der Waals surface area contributed by atoms with Crippen molar-refractivity contribution in [3.05, 3.63) is 35.1 Å². The van der Waals surface area contributed by atoms with E-state index in [-0.39, 0.29) is 23.1 Å². The summed E-state index contributed by atoms with van der Waals surface area (Å²) in [7, 11) is 1.55. The van der Waals surface area contributed by atoms with Crippen LogP contribution in [0.2, 0.25) is 0 Å². The molecule has 2 aromatic heterocycles. The normalized spacial score (nSPS) is 11.5. The second-order valence-electron chi connectivity index (χ2n) is 4.90. The molecule has 0 saturated carbocycles. The lowest BCUT2D eigenvalue weighted by Gasteiger charge is -2.07. The van der Waals surface area contributed by atoms with E-state index in [0.29, 0.717) is 27.4 Å². The average Bonchev–Trinajstić information content (AvgIpc) is 3.18. The Kier molecular flexibility index (Phi) is 4.93. The first kappa shape index (κ1) is 17.9. The van der Waals surface area contributed by atoms with Crippen LogP contribution in [0.5, 0.6) is 11.5 Å². The predicted molar refractivity (Wildman–Crippen MR) is 84.5 cm³/mol. The van der Waals surface area contributed by atoms with Gasteiger partial charge in [-0.1, -0.05) is 11.3 Å². The number of nitrogens with zero attached hydrogens (tertiary/aromatic N) is 4. The van der Waals surface area contributed by atoms with Gasteiger partial charge in [0.2, 0.25) is 9.97 Å². The summed E-state index contributed by atoms with van der Waals surface area (Å²) >= 11 is 0.712. The van der Waals surface area contributed by atoms with Crippen molar-refractivity contribution in [2.45, 2.75) is 6.18 Å². The van der Waals surface area contributed by atoms with Crippen molar-refractivity contribution in [2.75, 3.05) is 20.3 Å². The summed E-state index contributed by atoms with van der Waals surface area (Å²) in [6, 6.07) is 6.88. The third-order valence-corrected chi connectivity index (χ3v) is 4.05. The van der Waals surface area contributed by atoms with Crippen LogP contribution in [0.3, 0.4) is 0 Å². The Labute approximate surface area is 148 Å². The number of alkyl halides is 3. The van der Waals surface area contributed by atoms with Crippen molar-refractivity contribution in [3.63, 3.8) is 0 Å². The van der Waals surface area contributed by atoms with Crippen molar-refractivity contribution in [1.29, 1.82) is 0 Å². The van der Waals surface area contributed by atoms with Crippen LogP contribution in [0.4, 0.5) is 13.2 Å². The highest BCUT2D eigenvalue weighted by Crippen LogP contribution is 2.28. The first-order valence-electron chi connectivity index (χ1n) is 7.23. The zero-order valence-electron chi connectivity index (χ0n) is 13.3. The maximum Gasteiger partial charge on any atom is 0.453 e. The third-order valence-electron chi connectivity index (χ3n) is 3.15. The van der Waals surface area contributed by atoms with E-state index in [1.165, 1.54) is 0 Å². The number of rotatable bonds is 6. The Hall–Kier alpha value is -2.89. The Balaban J connectivity index is 1.55. The van der Waals surface area contributed by atoms with Crippen LogP contribution in [0, 0.1) is 0 Å². The maximum atomic E-state index is 12.7. The van der Waals surface area contributed by atoms with Crippen LogP contribution >= 0.6 is 11.3 Å². The zero-order valence-corrected chi connectivity index (χ0v) is 14.1. The van der Waals surface area contributed by atoms with Crippen molar-refractivity contribution in [3.8, 4) is 11.5 Å². The summed E-state index contributed by atoms with van der Waals surface area (Å²) < 4.78 is 49.2. The van der Waals surface area contributed by atoms with E-state index < -0.39 is 17.9 Å². The van der Waals surface area contributed by atoms with E-state index in [2.05, 4.69) is 20.6 Å². The number of carbonyl (C=O) groups is 1. The van der Waals surface area contributed by atoms with Crippen LogP contribution in [-0.4, -0.2) is 46.0 Å². The molecule has 0 saturated heterocycles. The first-order valence-corrected chi connectivity index (χ1v) is 8.04. The second kappa shape index (κ2) is 7.15. The quantitative estimate of drug-likeness (QED) is 0.651. The molecule has 0 aliphatic carbocycles. The number of nitrogens with one attached hydrogen (secondary N) is 1. The van der Waals surface area contributed by atoms with Crippen LogP contribution in [-0.2, 0) is 6.18 Å². The summed E-state index contributed by atoms with van der Waals surface area (Å²) in [6.45, 7) is 0.326. The minimum absolute atomic E-state index is 0.114. The Morgan fingerprint density at radius 3 is 2.58 bits per heavy atom. The fraction of sp³-hybridized carbons (Fsp3) is 0.286. The van der Waals surface area contributed by atoms with Crippen molar-refractivity contribution in [1.82, 2.24) is 25.1 Å². The van der Waals surface area contributed by atoms with Gasteiger partial charge in [-0.25, -0.2) is 0 Å². The van der Waals surface area contributed by atoms with E-state index in [1.54, 1.807) is 31.4 Å².